The topological polar surface area (TPSA) is 27.0 Å². The SMILES string of the molecule is CC1=CCN(C)C(C#N)C1.Cl. The molecule has 0 saturated carbocycles. The minimum atomic E-state index is 0. The normalized spacial score (nSPS) is 24.8. The molecule has 0 fully saturated rings. The lowest BCUT2D eigenvalue weighted by molar-refractivity contribution is 0.301. The second kappa shape index (κ2) is 4.38. The number of nitrogens with zero attached hydrogens (tertiary/aromatic N) is 2. The van der Waals surface area contributed by atoms with Crippen LogP contribution in [-0.2, 0) is 0 Å². The molecule has 1 heterocycles. The Morgan fingerprint density at radius 1 is 1.73 bits per heavy atom. The van der Waals surface area contributed by atoms with Gasteiger partial charge in [-0.2, -0.15) is 5.26 Å². The van der Waals surface area contributed by atoms with Crippen molar-refractivity contribution in [2.75, 3.05) is 13.6 Å². The molecular formula is C8H13ClN2. The molecule has 11 heavy (non-hydrogen) atoms. The van der Waals surface area contributed by atoms with Gasteiger partial charge in [0.25, 0.3) is 0 Å². The number of halogens is 1. The molecule has 0 aromatic carbocycles. The van der Waals surface area contributed by atoms with Crippen LogP contribution < -0.4 is 0 Å². The molecule has 0 N–H and O–H groups in total. The Balaban J connectivity index is 0.000001000. The van der Waals surface area contributed by atoms with Crippen LogP contribution in [0.4, 0.5) is 0 Å². The van der Waals surface area contributed by atoms with E-state index in [0.29, 0.717) is 0 Å². The zero-order valence-corrected chi connectivity index (χ0v) is 7.69. The lowest BCUT2D eigenvalue weighted by atomic mass is 10.0. The maximum atomic E-state index is 8.66. The van der Waals surface area contributed by atoms with Crippen LogP contribution >= 0.6 is 12.4 Å². The maximum Gasteiger partial charge on any atom is 0.101 e. The largest absolute Gasteiger partial charge is 0.287 e. The van der Waals surface area contributed by atoms with E-state index in [1.807, 2.05) is 7.05 Å². The molecule has 0 spiro atoms. The van der Waals surface area contributed by atoms with Crippen molar-refractivity contribution in [3.8, 4) is 6.07 Å². The molecule has 0 aromatic rings. The van der Waals surface area contributed by atoms with Gasteiger partial charge in [-0.05, 0) is 20.4 Å². The van der Waals surface area contributed by atoms with Crippen molar-refractivity contribution in [1.82, 2.24) is 4.90 Å². The van der Waals surface area contributed by atoms with Crippen LogP contribution in [0.1, 0.15) is 13.3 Å². The first-order chi connectivity index (χ1) is 4.74. The molecule has 62 valence electrons. The molecule has 0 bridgehead atoms. The minimum absolute atomic E-state index is 0. The van der Waals surface area contributed by atoms with E-state index >= 15 is 0 Å². The summed E-state index contributed by atoms with van der Waals surface area (Å²) >= 11 is 0. The van der Waals surface area contributed by atoms with Crippen LogP contribution in [0.3, 0.4) is 0 Å². The molecule has 1 atom stereocenters. The zero-order chi connectivity index (χ0) is 7.56. The molecule has 3 heteroatoms. The van der Waals surface area contributed by atoms with Crippen molar-refractivity contribution in [2.24, 2.45) is 0 Å². The van der Waals surface area contributed by atoms with E-state index in [1.54, 1.807) is 0 Å². The number of likely N-dealkylation sites (N-methyl/N-ethyl adjacent to an activating group) is 1. The maximum absolute atomic E-state index is 8.66. The van der Waals surface area contributed by atoms with Gasteiger partial charge in [-0.15, -0.1) is 12.4 Å². The first kappa shape index (κ1) is 10.5. The number of rotatable bonds is 0. The summed E-state index contributed by atoms with van der Waals surface area (Å²) in [7, 11) is 1.98. The fourth-order valence-corrected chi connectivity index (χ4v) is 1.12. The van der Waals surface area contributed by atoms with Gasteiger partial charge in [-0.3, -0.25) is 4.90 Å². The van der Waals surface area contributed by atoms with Crippen molar-refractivity contribution in [3.05, 3.63) is 11.6 Å². The highest BCUT2D eigenvalue weighted by atomic mass is 35.5. The fraction of sp³-hybridized carbons (Fsp3) is 0.625. The summed E-state index contributed by atoms with van der Waals surface area (Å²) in [5.41, 5.74) is 1.34. The Morgan fingerprint density at radius 2 is 2.36 bits per heavy atom. The summed E-state index contributed by atoms with van der Waals surface area (Å²) in [6.45, 7) is 3.00. The van der Waals surface area contributed by atoms with Crippen molar-refractivity contribution in [2.45, 2.75) is 19.4 Å². The molecule has 0 aliphatic carbocycles. The lowest BCUT2D eigenvalue weighted by Crippen LogP contribution is -2.33. The van der Waals surface area contributed by atoms with Crippen LogP contribution in [0.25, 0.3) is 0 Å². The van der Waals surface area contributed by atoms with Crippen molar-refractivity contribution < 1.29 is 0 Å². The van der Waals surface area contributed by atoms with Crippen molar-refractivity contribution >= 4 is 12.4 Å². The summed E-state index contributed by atoms with van der Waals surface area (Å²) in [5, 5.41) is 8.66. The van der Waals surface area contributed by atoms with Gasteiger partial charge in [-0.1, -0.05) is 11.6 Å². The molecule has 0 aromatic heterocycles. The molecule has 0 amide bonds. The third kappa shape index (κ3) is 2.53. The Morgan fingerprint density at radius 3 is 2.82 bits per heavy atom. The predicted octanol–water partition coefficient (Wildman–Crippen LogP) is 1.58. The van der Waals surface area contributed by atoms with E-state index < -0.39 is 0 Å². The Labute approximate surface area is 73.9 Å². The lowest BCUT2D eigenvalue weighted by Gasteiger charge is -2.25. The monoisotopic (exact) mass is 172 g/mol. The highest BCUT2D eigenvalue weighted by molar-refractivity contribution is 5.85. The molecule has 0 saturated heterocycles. The van der Waals surface area contributed by atoms with Gasteiger partial charge < -0.3 is 0 Å². The molecular weight excluding hydrogens is 160 g/mol. The summed E-state index contributed by atoms with van der Waals surface area (Å²) in [4.78, 5) is 2.06. The average Bonchev–Trinajstić information content (AvgIpc) is 1.94. The van der Waals surface area contributed by atoms with E-state index in [0.717, 1.165) is 13.0 Å². The van der Waals surface area contributed by atoms with E-state index in [2.05, 4.69) is 24.0 Å². The predicted molar refractivity (Wildman–Crippen MR) is 47.7 cm³/mol. The third-order valence-electron chi connectivity index (χ3n) is 1.92. The Bertz CT molecular complexity index is 193. The summed E-state index contributed by atoms with van der Waals surface area (Å²) < 4.78 is 0. The van der Waals surface area contributed by atoms with E-state index in [4.69, 9.17) is 5.26 Å². The molecule has 0 radical (unpaired) electrons. The Hall–Kier alpha value is -0.520. The van der Waals surface area contributed by atoms with Gasteiger partial charge in [0.15, 0.2) is 0 Å². The van der Waals surface area contributed by atoms with Gasteiger partial charge in [0.2, 0.25) is 0 Å². The van der Waals surface area contributed by atoms with Crippen LogP contribution in [-0.4, -0.2) is 24.5 Å². The van der Waals surface area contributed by atoms with Gasteiger partial charge in [-0.25, -0.2) is 0 Å². The van der Waals surface area contributed by atoms with Crippen LogP contribution in [0, 0.1) is 11.3 Å². The van der Waals surface area contributed by atoms with Gasteiger partial charge in [0, 0.05) is 6.54 Å². The third-order valence-corrected chi connectivity index (χ3v) is 1.92. The minimum Gasteiger partial charge on any atom is -0.287 e. The summed E-state index contributed by atoms with van der Waals surface area (Å²) in [6.07, 6.45) is 3.08. The average molecular weight is 173 g/mol. The van der Waals surface area contributed by atoms with Gasteiger partial charge in [0.1, 0.15) is 6.04 Å². The smallest absolute Gasteiger partial charge is 0.101 e. The second-order valence-electron chi connectivity index (χ2n) is 2.84. The number of hydrogen-bond donors (Lipinski definition) is 0. The van der Waals surface area contributed by atoms with Gasteiger partial charge >= 0.3 is 0 Å². The molecule has 2 nitrogen and oxygen atoms in total. The van der Waals surface area contributed by atoms with E-state index in [9.17, 15) is 0 Å². The molecule has 1 aliphatic heterocycles. The van der Waals surface area contributed by atoms with Crippen LogP contribution in [0.2, 0.25) is 0 Å². The Kier molecular flexibility index (Phi) is 4.17. The summed E-state index contributed by atoms with van der Waals surface area (Å²) in [6, 6.07) is 2.37. The highest BCUT2D eigenvalue weighted by Gasteiger charge is 2.16. The highest BCUT2D eigenvalue weighted by Crippen LogP contribution is 2.14. The van der Waals surface area contributed by atoms with E-state index in [1.165, 1.54) is 5.57 Å². The van der Waals surface area contributed by atoms with Crippen LogP contribution in [0.15, 0.2) is 11.6 Å². The zero-order valence-electron chi connectivity index (χ0n) is 6.87. The standard InChI is InChI=1S/C8H12N2.ClH/c1-7-3-4-10(2)8(5-7)6-9;/h3,8H,4-5H2,1-2H3;1H. The fourth-order valence-electron chi connectivity index (χ4n) is 1.12. The van der Waals surface area contributed by atoms with Gasteiger partial charge in [0.05, 0.1) is 6.07 Å². The van der Waals surface area contributed by atoms with E-state index in [-0.39, 0.29) is 18.4 Å². The van der Waals surface area contributed by atoms with Crippen molar-refractivity contribution in [1.29, 1.82) is 5.26 Å². The number of hydrogen-bond acceptors (Lipinski definition) is 2. The summed E-state index contributed by atoms with van der Waals surface area (Å²) in [5.74, 6) is 0. The second-order valence-corrected chi connectivity index (χ2v) is 2.84. The van der Waals surface area contributed by atoms with Crippen LogP contribution in [0.5, 0.6) is 0 Å². The first-order valence-electron chi connectivity index (χ1n) is 3.49. The van der Waals surface area contributed by atoms with Crippen molar-refractivity contribution in [3.63, 3.8) is 0 Å². The molecule has 1 aliphatic rings. The molecule has 1 rings (SSSR count). The molecule has 1 unspecified atom stereocenters. The first-order valence-corrected chi connectivity index (χ1v) is 3.49. The quantitative estimate of drug-likeness (QED) is 0.519. The number of nitriles is 1.